The molecule has 3 nitrogen and oxygen atoms in total. The minimum atomic E-state index is -0.479. The van der Waals surface area contributed by atoms with E-state index in [9.17, 15) is 14.3 Å². The Labute approximate surface area is 112 Å². The van der Waals surface area contributed by atoms with Gasteiger partial charge >= 0.3 is 0 Å². The van der Waals surface area contributed by atoms with Gasteiger partial charge in [0.15, 0.2) is 0 Å². The second kappa shape index (κ2) is 7.69. The van der Waals surface area contributed by atoms with Gasteiger partial charge in [-0.25, -0.2) is 4.39 Å². The van der Waals surface area contributed by atoms with Gasteiger partial charge in [-0.05, 0) is 49.0 Å². The average Bonchev–Trinajstić information content (AvgIpc) is 2.36. The summed E-state index contributed by atoms with van der Waals surface area (Å²) in [6, 6.07) is 6.14. The van der Waals surface area contributed by atoms with Crippen molar-refractivity contribution in [2.24, 2.45) is 11.7 Å². The highest BCUT2D eigenvalue weighted by Gasteiger charge is 2.14. The first kappa shape index (κ1) is 15.4. The average molecular weight is 265 g/mol. The van der Waals surface area contributed by atoms with Gasteiger partial charge in [0.25, 0.3) is 0 Å². The summed E-state index contributed by atoms with van der Waals surface area (Å²) in [6.45, 7) is 1.95. The molecule has 0 radical (unpaired) electrons. The molecule has 0 saturated heterocycles. The van der Waals surface area contributed by atoms with Gasteiger partial charge in [-0.15, -0.1) is 0 Å². The number of primary amides is 1. The Bertz CT molecular complexity index is 428. The van der Waals surface area contributed by atoms with E-state index < -0.39 is 12.0 Å². The quantitative estimate of drug-likeness (QED) is 0.742. The van der Waals surface area contributed by atoms with Crippen LogP contribution in [0.2, 0.25) is 0 Å². The molecule has 0 aromatic heterocycles. The highest BCUT2D eigenvalue weighted by molar-refractivity contribution is 5.85. The first-order valence-corrected chi connectivity index (χ1v) is 6.37. The lowest BCUT2D eigenvalue weighted by Crippen LogP contribution is -2.20. The monoisotopic (exact) mass is 265 g/mol. The van der Waals surface area contributed by atoms with Crippen LogP contribution in [-0.2, 0) is 11.2 Å². The number of hydrogen-bond donors (Lipinski definition) is 2. The zero-order valence-electron chi connectivity index (χ0n) is 11.1. The number of amides is 1. The standard InChI is InChI=1S/C15H20FNO2/c1-11(4-2-3-5-15(17)19)14(18)10-12-6-8-13(16)9-7-12/h3,5-9,11,14,18H,2,4,10H2,1H3,(H2,17,19)/b5-3+. The van der Waals surface area contributed by atoms with E-state index in [-0.39, 0.29) is 11.7 Å². The zero-order valence-corrected chi connectivity index (χ0v) is 11.1. The predicted octanol–water partition coefficient (Wildman–Crippen LogP) is 2.19. The first-order chi connectivity index (χ1) is 8.99. The Morgan fingerprint density at radius 2 is 2.05 bits per heavy atom. The maximum absolute atomic E-state index is 12.7. The van der Waals surface area contributed by atoms with E-state index >= 15 is 0 Å². The van der Waals surface area contributed by atoms with Crippen molar-refractivity contribution in [1.82, 2.24) is 0 Å². The Morgan fingerprint density at radius 1 is 1.42 bits per heavy atom. The van der Waals surface area contributed by atoms with Gasteiger partial charge in [0.1, 0.15) is 5.82 Å². The molecule has 0 aliphatic rings. The molecule has 0 bridgehead atoms. The zero-order chi connectivity index (χ0) is 14.3. The fourth-order valence-corrected chi connectivity index (χ4v) is 1.81. The third-order valence-electron chi connectivity index (χ3n) is 3.09. The summed E-state index contributed by atoms with van der Waals surface area (Å²) in [5.41, 5.74) is 5.89. The molecule has 2 unspecified atom stereocenters. The number of aliphatic hydroxyl groups is 1. The van der Waals surface area contributed by atoms with Crippen molar-refractivity contribution >= 4 is 5.91 Å². The summed E-state index contributed by atoms with van der Waals surface area (Å²) in [6.07, 6.45) is 4.53. The number of carbonyl (C=O) groups is 1. The van der Waals surface area contributed by atoms with E-state index in [1.54, 1.807) is 18.2 Å². The fourth-order valence-electron chi connectivity index (χ4n) is 1.81. The highest BCUT2D eigenvalue weighted by atomic mass is 19.1. The van der Waals surface area contributed by atoms with Crippen LogP contribution in [0.5, 0.6) is 0 Å². The number of hydrogen-bond acceptors (Lipinski definition) is 2. The van der Waals surface area contributed by atoms with E-state index in [1.807, 2.05) is 6.92 Å². The highest BCUT2D eigenvalue weighted by Crippen LogP contribution is 2.16. The Morgan fingerprint density at radius 3 is 2.63 bits per heavy atom. The van der Waals surface area contributed by atoms with Crippen molar-refractivity contribution < 1.29 is 14.3 Å². The molecule has 1 aromatic carbocycles. The fraction of sp³-hybridized carbons (Fsp3) is 0.400. The van der Waals surface area contributed by atoms with Gasteiger partial charge in [-0.2, -0.15) is 0 Å². The molecule has 1 aromatic rings. The van der Waals surface area contributed by atoms with Crippen LogP contribution in [0.25, 0.3) is 0 Å². The molecule has 0 aliphatic heterocycles. The van der Waals surface area contributed by atoms with Crippen molar-refractivity contribution in [2.75, 3.05) is 0 Å². The van der Waals surface area contributed by atoms with E-state index in [0.29, 0.717) is 12.8 Å². The summed E-state index contributed by atoms with van der Waals surface area (Å²) in [5.74, 6) is -0.634. The number of halogens is 1. The first-order valence-electron chi connectivity index (χ1n) is 6.37. The maximum Gasteiger partial charge on any atom is 0.241 e. The van der Waals surface area contributed by atoms with Crippen LogP contribution in [0.3, 0.4) is 0 Å². The van der Waals surface area contributed by atoms with Crippen LogP contribution in [-0.4, -0.2) is 17.1 Å². The molecule has 104 valence electrons. The van der Waals surface area contributed by atoms with Crippen molar-refractivity contribution in [3.05, 3.63) is 47.8 Å². The number of carbonyl (C=O) groups excluding carboxylic acids is 1. The Hall–Kier alpha value is -1.68. The van der Waals surface area contributed by atoms with Crippen LogP contribution in [0.15, 0.2) is 36.4 Å². The minimum absolute atomic E-state index is 0.0996. The topological polar surface area (TPSA) is 63.3 Å². The maximum atomic E-state index is 12.7. The number of benzene rings is 1. The molecule has 19 heavy (non-hydrogen) atoms. The van der Waals surface area contributed by atoms with E-state index in [4.69, 9.17) is 5.73 Å². The molecule has 3 N–H and O–H groups in total. The normalized spacial score (nSPS) is 14.5. The molecule has 2 atom stereocenters. The minimum Gasteiger partial charge on any atom is -0.393 e. The van der Waals surface area contributed by atoms with Gasteiger partial charge in [-0.3, -0.25) is 4.79 Å². The molecule has 0 spiro atoms. The molecule has 1 rings (SSSR count). The molecule has 0 saturated carbocycles. The number of nitrogens with two attached hydrogens (primary N) is 1. The summed E-state index contributed by atoms with van der Waals surface area (Å²) < 4.78 is 12.7. The number of aliphatic hydroxyl groups excluding tert-OH is 1. The van der Waals surface area contributed by atoms with Crippen molar-refractivity contribution in [1.29, 1.82) is 0 Å². The van der Waals surface area contributed by atoms with Crippen LogP contribution >= 0.6 is 0 Å². The lowest BCUT2D eigenvalue weighted by molar-refractivity contribution is -0.113. The largest absolute Gasteiger partial charge is 0.393 e. The van der Waals surface area contributed by atoms with Gasteiger partial charge in [0, 0.05) is 0 Å². The van der Waals surface area contributed by atoms with Crippen LogP contribution in [0, 0.1) is 11.7 Å². The molecule has 0 aliphatic carbocycles. The van der Waals surface area contributed by atoms with E-state index in [0.717, 1.165) is 12.0 Å². The predicted molar refractivity (Wildman–Crippen MR) is 72.8 cm³/mol. The van der Waals surface area contributed by atoms with E-state index in [1.165, 1.54) is 18.2 Å². The van der Waals surface area contributed by atoms with E-state index in [2.05, 4.69) is 0 Å². The molecular weight excluding hydrogens is 245 g/mol. The third kappa shape index (κ3) is 6.15. The summed E-state index contributed by atoms with van der Waals surface area (Å²) >= 11 is 0. The Kier molecular flexibility index (Phi) is 6.22. The Balaban J connectivity index is 2.37. The molecule has 1 amide bonds. The molecule has 0 heterocycles. The SMILES string of the molecule is CC(CC/C=C/C(N)=O)C(O)Cc1ccc(F)cc1. The molecule has 0 fully saturated rings. The summed E-state index contributed by atoms with van der Waals surface area (Å²) in [5, 5.41) is 10.0. The number of allylic oxidation sites excluding steroid dienone is 1. The lowest BCUT2D eigenvalue weighted by Gasteiger charge is -2.18. The van der Waals surface area contributed by atoms with Crippen LogP contribution < -0.4 is 5.73 Å². The van der Waals surface area contributed by atoms with Crippen molar-refractivity contribution in [3.8, 4) is 0 Å². The summed E-state index contributed by atoms with van der Waals surface area (Å²) in [4.78, 5) is 10.5. The summed E-state index contributed by atoms with van der Waals surface area (Å²) in [7, 11) is 0. The van der Waals surface area contributed by atoms with Crippen molar-refractivity contribution in [3.63, 3.8) is 0 Å². The smallest absolute Gasteiger partial charge is 0.241 e. The van der Waals surface area contributed by atoms with Gasteiger partial charge < -0.3 is 10.8 Å². The second-order valence-corrected chi connectivity index (χ2v) is 4.76. The van der Waals surface area contributed by atoms with Crippen LogP contribution in [0.4, 0.5) is 4.39 Å². The third-order valence-corrected chi connectivity index (χ3v) is 3.09. The molecule has 4 heteroatoms. The lowest BCUT2D eigenvalue weighted by atomic mass is 9.94. The van der Waals surface area contributed by atoms with Crippen molar-refractivity contribution in [2.45, 2.75) is 32.3 Å². The molecular formula is C15H20FNO2. The van der Waals surface area contributed by atoms with Gasteiger partial charge in [-0.1, -0.05) is 25.1 Å². The van der Waals surface area contributed by atoms with Gasteiger partial charge in [0.2, 0.25) is 5.91 Å². The number of rotatable bonds is 7. The second-order valence-electron chi connectivity index (χ2n) is 4.76. The van der Waals surface area contributed by atoms with Crippen LogP contribution in [0.1, 0.15) is 25.3 Å². The van der Waals surface area contributed by atoms with Gasteiger partial charge in [0.05, 0.1) is 6.10 Å².